The maximum Gasteiger partial charge on any atom is 0.126 e. The maximum absolute atomic E-state index is 12.9. The van der Waals surface area contributed by atoms with Gasteiger partial charge in [0.1, 0.15) is 11.6 Å². The average Bonchev–Trinajstić information content (AvgIpc) is 2.29. The van der Waals surface area contributed by atoms with Gasteiger partial charge < -0.3 is 5.32 Å². The van der Waals surface area contributed by atoms with Crippen LogP contribution in [0.3, 0.4) is 0 Å². The molecule has 17 heavy (non-hydrogen) atoms. The molecule has 4 heteroatoms. The second-order valence-electron chi connectivity index (χ2n) is 4.37. The molecule has 0 amide bonds. The Morgan fingerprint density at radius 2 is 1.76 bits per heavy atom. The Morgan fingerprint density at radius 1 is 1.12 bits per heavy atom. The van der Waals surface area contributed by atoms with Crippen LogP contribution in [0.4, 0.5) is 8.78 Å². The highest BCUT2D eigenvalue weighted by atomic mass is 32.2. The lowest BCUT2D eigenvalue weighted by atomic mass is 10.1. The first-order valence-corrected chi connectivity index (χ1v) is 7.15. The van der Waals surface area contributed by atoms with Crippen molar-refractivity contribution in [2.45, 2.75) is 25.3 Å². The highest BCUT2D eigenvalue weighted by molar-refractivity contribution is 7.99. The zero-order chi connectivity index (χ0) is 12.1. The van der Waals surface area contributed by atoms with Crippen molar-refractivity contribution >= 4 is 11.8 Å². The smallest absolute Gasteiger partial charge is 0.126 e. The van der Waals surface area contributed by atoms with E-state index >= 15 is 0 Å². The van der Waals surface area contributed by atoms with Gasteiger partial charge in [-0.1, -0.05) is 0 Å². The number of hydrogen-bond donors (Lipinski definition) is 1. The van der Waals surface area contributed by atoms with Crippen LogP contribution >= 0.6 is 11.8 Å². The molecule has 0 spiro atoms. The van der Waals surface area contributed by atoms with Crippen molar-refractivity contribution in [2.75, 3.05) is 18.1 Å². The van der Waals surface area contributed by atoms with Crippen LogP contribution < -0.4 is 5.32 Å². The fraction of sp³-hybridized carbons (Fsp3) is 0.538. The van der Waals surface area contributed by atoms with Crippen LogP contribution in [0.1, 0.15) is 18.4 Å². The minimum atomic E-state index is -0.492. The van der Waals surface area contributed by atoms with Crippen molar-refractivity contribution in [3.63, 3.8) is 0 Å². The standard InChI is InChI=1S/C13H17F2NS/c14-11-7-10(8-12(15)9-11)1-4-16-13-2-5-17-6-3-13/h7-9,13,16H,1-6H2. The van der Waals surface area contributed by atoms with Crippen LogP contribution in [0.5, 0.6) is 0 Å². The van der Waals surface area contributed by atoms with Gasteiger partial charge in [0.15, 0.2) is 0 Å². The molecule has 1 aliphatic rings. The topological polar surface area (TPSA) is 12.0 Å². The van der Waals surface area contributed by atoms with E-state index in [1.807, 2.05) is 11.8 Å². The zero-order valence-corrected chi connectivity index (χ0v) is 10.5. The molecule has 0 bridgehead atoms. The number of halogens is 2. The first kappa shape index (κ1) is 12.8. The molecule has 0 saturated carbocycles. The Balaban J connectivity index is 1.77. The summed E-state index contributed by atoms with van der Waals surface area (Å²) in [5, 5.41) is 3.45. The molecular formula is C13H17F2NS. The summed E-state index contributed by atoms with van der Waals surface area (Å²) in [5.74, 6) is 1.45. The fourth-order valence-electron chi connectivity index (χ4n) is 2.08. The van der Waals surface area contributed by atoms with Crippen molar-refractivity contribution in [1.29, 1.82) is 0 Å². The normalized spacial score (nSPS) is 17.3. The molecule has 0 aromatic heterocycles. The third-order valence-electron chi connectivity index (χ3n) is 2.99. The van der Waals surface area contributed by atoms with Gasteiger partial charge in [-0.15, -0.1) is 0 Å². The summed E-state index contributed by atoms with van der Waals surface area (Å²) in [7, 11) is 0. The van der Waals surface area contributed by atoms with E-state index in [1.165, 1.54) is 36.5 Å². The predicted molar refractivity (Wildman–Crippen MR) is 68.4 cm³/mol. The van der Waals surface area contributed by atoms with Gasteiger partial charge in [0.05, 0.1) is 0 Å². The molecule has 1 saturated heterocycles. The summed E-state index contributed by atoms with van der Waals surface area (Å²) >= 11 is 1.99. The van der Waals surface area contributed by atoms with Crippen LogP contribution in [0, 0.1) is 11.6 Å². The van der Waals surface area contributed by atoms with Gasteiger partial charge in [0.25, 0.3) is 0 Å². The van der Waals surface area contributed by atoms with Gasteiger partial charge in [-0.25, -0.2) is 8.78 Å². The van der Waals surface area contributed by atoms with E-state index in [0.717, 1.165) is 18.2 Å². The summed E-state index contributed by atoms with van der Waals surface area (Å²) in [6.07, 6.45) is 3.07. The second-order valence-corrected chi connectivity index (χ2v) is 5.59. The molecule has 1 aromatic rings. The first-order valence-electron chi connectivity index (χ1n) is 6.00. The van der Waals surface area contributed by atoms with E-state index in [4.69, 9.17) is 0 Å². The highest BCUT2D eigenvalue weighted by Crippen LogP contribution is 2.17. The lowest BCUT2D eigenvalue weighted by Gasteiger charge is -2.22. The summed E-state index contributed by atoms with van der Waals surface area (Å²) in [4.78, 5) is 0. The average molecular weight is 257 g/mol. The van der Waals surface area contributed by atoms with Gasteiger partial charge in [0, 0.05) is 12.1 Å². The van der Waals surface area contributed by atoms with E-state index in [-0.39, 0.29) is 0 Å². The van der Waals surface area contributed by atoms with Crippen molar-refractivity contribution in [2.24, 2.45) is 0 Å². The third kappa shape index (κ3) is 4.28. The third-order valence-corrected chi connectivity index (χ3v) is 4.04. The monoisotopic (exact) mass is 257 g/mol. The molecule has 94 valence electrons. The van der Waals surface area contributed by atoms with Crippen LogP contribution in [0.25, 0.3) is 0 Å². The lowest BCUT2D eigenvalue weighted by Crippen LogP contribution is -2.33. The lowest BCUT2D eigenvalue weighted by molar-refractivity contribution is 0.485. The quantitative estimate of drug-likeness (QED) is 0.890. The summed E-state index contributed by atoms with van der Waals surface area (Å²) in [6, 6.07) is 4.30. The Kier molecular flexibility index (Phi) is 4.80. The minimum absolute atomic E-state index is 0.492. The van der Waals surface area contributed by atoms with Crippen molar-refractivity contribution in [3.05, 3.63) is 35.4 Å². The van der Waals surface area contributed by atoms with Crippen molar-refractivity contribution < 1.29 is 8.78 Å². The van der Waals surface area contributed by atoms with Gasteiger partial charge in [0.2, 0.25) is 0 Å². The Hall–Kier alpha value is -0.610. The molecule has 0 unspecified atom stereocenters. The molecule has 1 N–H and O–H groups in total. The molecule has 0 aliphatic carbocycles. The molecule has 0 radical (unpaired) electrons. The molecule has 1 fully saturated rings. The van der Waals surface area contributed by atoms with Gasteiger partial charge in [-0.05, 0) is 55.0 Å². The summed E-state index contributed by atoms with van der Waals surface area (Å²) < 4.78 is 25.9. The van der Waals surface area contributed by atoms with Crippen LogP contribution in [-0.4, -0.2) is 24.1 Å². The number of nitrogens with one attached hydrogen (secondary N) is 1. The summed E-state index contributed by atoms with van der Waals surface area (Å²) in [5.41, 5.74) is 0.722. The SMILES string of the molecule is Fc1cc(F)cc(CCNC2CCSCC2)c1. The van der Waals surface area contributed by atoms with E-state index in [1.54, 1.807) is 0 Å². The largest absolute Gasteiger partial charge is 0.314 e. The van der Waals surface area contributed by atoms with Gasteiger partial charge in [-0.3, -0.25) is 0 Å². The molecule has 1 nitrogen and oxygen atoms in total. The van der Waals surface area contributed by atoms with Crippen molar-refractivity contribution in [1.82, 2.24) is 5.32 Å². The number of hydrogen-bond acceptors (Lipinski definition) is 2. The Labute approximate surface area is 105 Å². The summed E-state index contributed by atoms with van der Waals surface area (Å²) in [6.45, 7) is 0.790. The van der Waals surface area contributed by atoms with E-state index < -0.39 is 11.6 Å². The number of benzene rings is 1. The molecule has 1 heterocycles. The minimum Gasteiger partial charge on any atom is -0.314 e. The Morgan fingerprint density at radius 3 is 2.41 bits per heavy atom. The van der Waals surface area contributed by atoms with Crippen LogP contribution in [0.15, 0.2) is 18.2 Å². The van der Waals surface area contributed by atoms with E-state index in [9.17, 15) is 8.78 Å². The van der Waals surface area contributed by atoms with Crippen molar-refractivity contribution in [3.8, 4) is 0 Å². The second kappa shape index (κ2) is 6.36. The van der Waals surface area contributed by atoms with E-state index in [0.29, 0.717) is 12.5 Å². The molecule has 0 atom stereocenters. The zero-order valence-electron chi connectivity index (χ0n) is 9.72. The fourth-order valence-corrected chi connectivity index (χ4v) is 3.18. The number of rotatable bonds is 4. The molecular weight excluding hydrogens is 240 g/mol. The molecule has 1 aliphatic heterocycles. The predicted octanol–water partition coefficient (Wildman–Crippen LogP) is 2.99. The maximum atomic E-state index is 12.9. The van der Waals surface area contributed by atoms with Gasteiger partial charge in [-0.2, -0.15) is 11.8 Å². The van der Waals surface area contributed by atoms with Gasteiger partial charge >= 0.3 is 0 Å². The van der Waals surface area contributed by atoms with Crippen LogP contribution in [-0.2, 0) is 6.42 Å². The number of thioether (sulfide) groups is 1. The van der Waals surface area contributed by atoms with Crippen LogP contribution in [0.2, 0.25) is 0 Å². The molecule has 1 aromatic carbocycles. The van der Waals surface area contributed by atoms with E-state index in [2.05, 4.69) is 5.32 Å². The Bertz CT molecular complexity index is 344. The first-order chi connectivity index (χ1) is 8.24. The molecule has 2 rings (SSSR count). The highest BCUT2D eigenvalue weighted by Gasteiger charge is 2.12.